The zero-order chi connectivity index (χ0) is 26.0. The van der Waals surface area contributed by atoms with Crippen LogP contribution in [0.15, 0.2) is 72.8 Å². The first-order chi connectivity index (χ1) is 18.0. The third-order valence-electron chi connectivity index (χ3n) is 6.23. The highest BCUT2D eigenvalue weighted by Gasteiger charge is 2.19. The van der Waals surface area contributed by atoms with Crippen LogP contribution in [0.2, 0.25) is 5.02 Å². The number of benzene rings is 3. The number of nitrogens with one attached hydrogen (secondary N) is 3. The average molecular weight is 536 g/mol. The van der Waals surface area contributed by atoms with E-state index in [1.54, 1.807) is 36.4 Å². The molecule has 3 aromatic carbocycles. The molecule has 1 aliphatic carbocycles. The Kier molecular flexibility index (Phi) is 9.52. The Balaban J connectivity index is 1.31. The molecule has 192 valence electrons. The summed E-state index contributed by atoms with van der Waals surface area (Å²) in [7, 11) is 0. The van der Waals surface area contributed by atoms with Gasteiger partial charge in [-0.25, -0.2) is 0 Å². The Morgan fingerprint density at radius 3 is 2.49 bits per heavy atom. The van der Waals surface area contributed by atoms with Gasteiger partial charge in [-0.05, 0) is 67.0 Å². The molecule has 8 heteroatoms. The van der Waals surface area contributed by atoms with Crippen molar-refractivity contribution in [2.75, 3.05) is 11.9 Å². The molecule has 3 aromatic rings. The van der Waals surface area contributed by atoms with Crippen molar-refractivity contribution in [1.82, 2.24) is 10.6 Å². The minimum atomic E-state index is -0.366. The van der Waals surface area contributed by atoms with Gasteiger partial charge >= 0.3 is 0 Å². The molecule has 0 heterocycles. The van der Waals surface area contributed by atoms with Crippen molar-refractivity contribution >= 4 is 46.4 Å². The summed E-state index contributed by atoms with van der Waals surface area (Å²) in [5, 5.41) is 9.19. The Morgan fingerprint density at radius 2 is 1.70 bits per heavy atom. The van der Waals surface area contributed by atoms with Crippen LogP contribution in [0.3, 0.4) is 0 Å². The van der Waals surface area contributed by atoms with E-state index in [4.69, 9.17) is 28.6 Å². The van der Waals surface area contributed by atoms with Crippen LogP contribution < -0.4 is 20.7 Å². The molecule has 37 heavy (non-hydrogen) atoms. The van der Waals surface area contributed by atoms with E-state index in [-0.39, 0.29) is 23.0 Å². The number of amides is 2. The third-order valence-corrected chi connectivity index (χ3v) is 6.77. The van der Waals surface area contributed by atoms with E-state index in [1.807, 2.05) is 36.4 Å². The van der Waals surface area contributed by atoms with Gasteiger partial charge in [0.15, 0.2) is 5.11 Å². The third kappa shape index (κ3) is 8.03. The maximum Gasteiger partial charge on any atom is 0.257 e. The lowest BCUT2D eigenvalue weighted by molar-refractivity contribution is 0.0926. The molecule has 0 atom stereocenters. The first kappa shape index (κ1) is 26.6. The van der Waals surface area contributed by atoms with Crippen LogP contribution in [0.1, 0.15) is 58.4 Å². The quantitative estimate of drug-likeness (QED) is 0.301. The zero-order valence-electron chi connectivity index (χ0n) is 20.5. The molecular formula is C29H30ClN3O3S. The van der Waals surface area contributed by atoms with Gasteiger partial charge in [-0.2, -0.15) is 0 Å². The van der Waals surface area contributed by atoms with Gasteiger partial charge in [-0.1, -0.05) is 67.3 Å². The molecule has 0 unspecified atom stereocenters. The molecule has 1 fully saturated rings. The maximum absolute atomic E-state index is 12.8. The van der Waals surface area contributed by atoms with Crippen LogP contribution in [-0.2, 0) is 6.42 Å². The summed E-state index contributed by atoms with van der Waals surface area (Å²) in [5.74, 6) is 0.0311. The fraction of sp³-hybridized carbons (Fsp3) is 0.276. The molecule has 6 nitrogen and oxygen atoms in total. The van der Waals surface area contributed by atoms with Gasteiger partial charge < -0.3 is 15.4 Å². The molecule has 2 amide bonds. The van der Waals surface area contributed by atoms with Crippen molar-refractivity contribution in [3.63, 3.8) is 0 Å². The highest BCUT2D eigenvalue weighted by atomic mass is 35.5. The molecular weight excluding hydrogens is 506 g/mol. The number of carbonyl (C=O) groups is 2. The van der Waals surface area contributed by atoms with Gasteiger partial charge in [-0.15, -0.1) is 0 Å². The van der Waals surface area contributed by atoms with E-state index in [9.17, 15) is 9.59 Å². The largest absolute Gasteiger partial charge is 0.493 e. The first-order valence-electron chi connectivity index (χ1n) is 12.5. The van der Waals surface area contributed by atoms with E-state index >= 15 is 0 Å². The highest BCUT2D eigenvalue weighted by Crippen LogP contribution is 2.23. The lowest BCUT2D eigenvalue weighted by Gasteiger charge is -2.23. The summed E-state index contributed by atoms with van der Waals surface area (Å²) in [6.45, 7) is 0.502. The number of thiocarbonyl (C=S) groups is 1. The van der Waals surface area contributed by atoms with Crippen LogP contribution in [0.25, 0.3) is 0 Å². The standard InChI is InChI=1S/C29H30ClN3O3S/c30-26-15-14-23(19-25(26)28(35)31-22-11-5-2-6-12-22)32-29(37)33-27(34)21-10-7-13-24(18-21)36-17-16-20-8-3-1-4-9-20/h1,3-4,7-10,13-15,18-19,22H,2,5-6,11-12,16-17H2,(H,31,35)(H2,32,33,34,37). The lowest BCUT2D eigenvalue weighted by Crippen LogP contribution is -2.36. The summed E-state index contributed by atoms with van der Waals surface area (Å²) in [6.07, 6.45) is 6.19. The van der Waals surface area contributed by atoms with E-state index in [0.717, 1.165) is 32.1 Å². The topological polar surface area (TPSA) is 79.5 Å². The fourth-order valence-electron chi connectivity index (χ4n) is 4.28. The minimum absolute atomic E-state index is 0.112. The van der Waals surface area contributed by atoms with Crippen LogP contribution in [0.5, 0.6) is 5.75 Å². The second-order valence-electron chi connectivity index (χ2n) is 9.02. The number of hydrogen-bond acceptors (Lipinski definition) is 4. The van der Waals surface area contributed by atoms with Gasteiger partial charge in [0.2, 0.25) is 0 Å². The monoisotopic (exact) mass is 535 g/mol. The normalized spacial score (nSPS) is 13.4. The number of carbonyl (C=O) groups excluding carboxylic acids is 2. The summed E-state index contributed by atoms with van der Waals surface area (Å²) >= 11 is 11.6. The van der Waals surface area contributed by atoms with Gasteiger partial charge in [0.05, 0.1) is 17.2 Å². The SMILES string of the molecule is O=C(NC(=S)Nc1ccc(Cl)c(C(=O)NC2CCCCC2)c1)c1cccc(OCCc2ccccc2)c1. The van der Waals surface area contributed by atoms with E-state index in [0.29, 0.717) is 34.2 Å². The lowest BCUT2D eigenvalue weighted by atomic mass is 9.95. The van der Waals surface area contributed by atoms with Gasteiger partial charge in [-0.3, -0.25) is 14.9 Å². The first-order valence-corrected chi connectivity index (χ1v) is 13.3. The molecule has 0 bridgehead atoms. The van der Waals surface area contributed by atoms with Crippen LogP contribution in [0, 0.1) is 0 Å². The number of hydrogen-bond donors (Lipinski definition) is 3. The Bertz CT molecular complexity index is 1250. The van der Waals surface area contributed by atoms with Crippen LogP contribution in [-0.4, -0.2) is 29.6 Å². The molecule has 4 rings (SSSR count). The summed E-state index contributed by atoms with van der Waals surface area (Å²) < 4.78 is 5.82. The summed E-state index contributed by atoms with van der Waals surface area (Å²) in [5.41, 5.74) is 2.53. The summed E-state index contributed by atoms with van der Waals surface area (Å²) in [4.78, 5) is 25.5. The van der Waals surface area contributed by atoms with E-state index < -0.39 is 0 Å². The molecule has 0 saturated heterocycles. The smallest absolute Gasteiger partial charge is 0.257 e. The zero-order valence-corrected chi connectivity index (χ0v) is 22.0. The molecule has 0 aromatic heterocycles. The van der Waals surface area contributed by atoms with Crippen LogP contribution >= 0.6 is 23.8 Å². The van der Waals surface area contributed by atoms with Crippen molar-refractivity contribution < 1.29 is 14.3 Å². The highest BCUT2D eigenvalue weighted by molar-refractivity contribution is 7.80. The molecule has 0 spiro atoms. The number of rotatable bonds is 8. The van der Waals surface area contributed by atoms with Gasteiger partial charge in [0.25, 0.3) is 11.8 Å². The predicted octanol–water partition coefficient (Wildman–Crippen LogP) is 6.15. The van der Waals surface area contributed by atoms with Crippen molar-refractivity contribution in [1.29, 1.82) is 0 Å². The fourth-order valence-corrected chi connectivity index (χ4v) is 4.70. The maximum atomic E-state index is 12.8. The van der Waals surface area contributed by atoms with Crippen molar-refractivity contribution in [3.8, 4) is 5.75 Å². The number of ether oxygens (including phenoxy) is 1. The van der Waals surface area contributed by atoms with Crippen molar-refractivity contribution in [3.05, 3.63) is 94.5 Å². The van der Waals surface area contributed by atoms with Crippen LogP contribution in [0.4, 0.5) is 5.69 Å². The predicted molar refractivity (Wildman–Crippen MR) is 152 cm³/mol. The Hall–Kier alpha value is -3.42. The molecule has 1 saturated carbocycles. The van der Waals surface area contributed by atoms with Gasteiger partial charge in [0, 0.05) is 23.7 Å². The number of anilines is 1. The second kappa shape index (κ2) is 13.2. The second-order valence-corrected chi connectivity index (χ2v) is 9.84. The Morgan fingerprint density at radius 1 is 0.919 bits per heavy atom. The molecule has 1 aliphatic rings. The van der Waals surface area contributed by atoms with Gasteiger partial charge in [0.1, 0.15) is 5.75 Å². The molecule has 0 aliphatic heterocycles. The summed E-state index contributed by atoms with van der Waals surface area (Å²) in [6, 6.07) is 22.2. The molecule has 0 radical (unpaired) electrons. The Labute approximate surface area is 227 Å². The van der Waals surface area contributed by atoms with E-state index in [2.05, 4.69) is 16.0 Å². The minimum Gasteiger partial charge on any atom is -0.493 e. The molecule has 3 N–H and O–H groups in total. The van der Waals surface area contributed by atoms with Crippen molar-refractivity contribution in [2.24, 2.45) is 0 Å². The average Bonchev–Trinajstić information content (AvgIpc) is 2.91. The van der Waals surface area contributed by atoms with E-state index in [1.165, 1.54) is 12.0 Å². The number of halogens is 1. The van der Waals surface area contributed by atoms with Crippen molar-refractivity contribution in [2.45, 2.75) is 44.6 Å².